The monoisotopic (exact) mass is 294 g/mol. The third-order valence-electron chi connectivity index (χ3n) is 5.99. The molecule has 4 heteroatoms. The van der Waals surface area contributed by atoms with Crippen LogP contribution in [0.15, 0.2) is 0 Å². The zero-order chi connectivity index (χ0) is 14.1. The van der Waals surface area contributed by atoms with E-state index >= 15 is 0 Å². The standard InChI is InChI=1S/C17H30N2O2/c1-2-17(21-6-1)12-18-5-3-15-9-19(11-16(15)10-18)8-14-4-7-20-13-14/h14-17H,1-13H2/t14?,15-,16+,17?/m0/s1. The quantitative estimate of drug-likeness (QED) is 0.784. The van der Waals surface area contributed by atoms with Crippen molar-refractivity contribution in [3.8, 4) is 0 Å². The van der Waals surface area contributed by atoms with Crippen molar-refractivity contribution >= 4 is 0 Å². The van der Waals surface area contributed by atoms with Crippen molar-refractivity contribution in [1.29, 1.82) is 0 Å². The zero-order valence-electron chi connectivity index (χ0n) is 13.2. The summed E-state index contributed by atoms with van der Waals surface area (Å²) < 4.78 is 11.3. The second kappa shape index (κ2) is 6.53. The fraction of sp³-hybridized carbons (Fsp3) is 1.00. The number of hydrogen-bond acceptors (Lipinski definition) is 4. The first kappa shape index (κ1) is 14.4. The minimum Gasteiger partial charge on any atom is -0.381 e. The Morgan fingerprint density at radius 2 is 1.76 bits per heavy atom. The van der Waals surface area contributed by atoms with E-state index < -0.39 is 0 Å². The highest BCUT2D eigenvalue weighted by atomic mass is 16.5. The molecule has 0 amide bonds. The van der Waals surface area contributed by atoms with E-state index in [1.54, 1.807) is 0 Å². The highest BCUT2D eigenvalue weighted by Crippen LogP contribution is 2.32. The predicted octanol–water partition coefficient (Wildman–Crippen LogP) is 1.46. The van der Waals surface area contributed by atoms with E-state index in [2.05, 4.69) is 9.80 Å². The van der Waals surface area contributed by atoms with Crippen LogP contribution in [0, 0.1) is 17.8 Å². The number of rotatable bonds is 4. The van der Waals surface area contributed by atoms with Crippen LogP contribution in [0.2, 0.25) is 0 Å². The summed E-state index contributed by atoms with van der Waals surface area (Å²) in [6.07, 6.45) is 5.74. The topological polar surface area (TPSA) is 24.9 Å². The van der Waals surface area contributed by atoms with E-state index in [1.165, 1.54) is 65.0 Å². The largest absolute Gasteiger partial charge is 0.381 e. The Labute approximate surface area is 128 Å². The van der Waals surface area contributed by atoms with Crippen LogP contribution in [0.1, 0.15) is 25.7 Å². The Bertz CT molecular complexity index is 324. The van der Waals surface area contributed by atoms with E-state index in [1.807, 2.05) is 0 Å². The van der Waals surface area contributed by atoms with Crippen molar-refractivity contribution in [2.45, 2.75) is 31.8 Å². The lowest BCUT2D eigenvalue weighted by atomic mass is 9.88. The minimum atomic E-state index is 0.523. The number of fused-ring (bicyclic) bond motifs is 1. The summed E-state index contributed by atoms with van der Waals surface area (Å²) in [7, 11) is 0. The molecule has 0 aliphatic carbocycles. The smallest absolute Gasteiger partial charge is 0.0702 e. The maximum atomic E-state index is 5.81. The molecule has 0 aromatic rings. The van der Waals surface area contributed by atoms with Gasteiger partial charge in [-0.15, -0.1) is 0 Å². The van der Waals surface area contributed by atoms with Gasteiger partial charge in [0.15, 0.2) is 0 Å². The average molecular weight is 294 g/mol. The van der Waals surface area contributed by atoms with Crippen molar-refractivity contribution in [3.63, 3.8) is 0 Å². The fourth-order valence-electron chi connectivity index (χ4n) is 4.82. The summed E-state index contributed by atoms with van der Waals surface area (Å²) >= 11 is 0. The molecule has 4 aliphatic rings. The van der Waals surface area contributed by atoms with Gasteiger partial charge in [-0.3, -0.25) is 0 Å². The van der Waals surface area contributed by atoms with Gasteiger partial charge in [0.25, 0.3) is 0 Å². The summed E-state index contributed by atoms with van der Waals surface area (Å²) in [5, 5.41) is 0. The normalized spacial score (nSPS) is 41.7. The van der Waals surface area contributed by atoms with E-state index in [-0.39, 0.29) is 0 Å². The predicted molar refractivity (Wildman–Crippen MR) is 82.4 cm³/mol. The Kier molecular flexibility index (Phi) is 4.49. The van der Waals surface area contributed by atoms with Crippen LogP contribution >= 0.6 is 0 Å². The third-order valence-corrected chi connectivity index (χ3v) is 5.99. The molecular weight excluding hydrogens is 264 g/mol. The molecule has 0 aromatic carbocycles. The molecule has 0 spiro atoms. The number of ether oxygens (including phenoxy) is 2. The van der Waals surface area contributed by atoms with Gasteiger partial charge in [0.05, 0.1) is 12.7 Å². The molecule has 4 heterocycles. The first-order valence-electron chi connectivity index (χ1n) is 9.01. The number of piperidine rings is 1. The Hall–Kier alpha value is -0.160. The highest BCUT2D eigenvalue weighted by Gasteiger charge is 2.38. The lowest BCUT2D eigenvalue weighted by Gasteiger charge is -2.35. The Balaban J connectivity index is 1.25. The van der Waals surface area contributed by atoms with E-state index in [9.17, 15) is 0 Å². The molecule has 4 aliphatic heterocycles. The van der Waals surface area contributed by atoms with E-state index in [0.717, 1.165) is 37.6 Å². The zero-order valence-corrected chi connectivity index (χ0v) is 13.2. The summed E-state index contributed by atoms with van der Waals surface area (Å²) in [6.45, 7) is 10.7. The molecule has 0 aromatic heterocycles. The van der Waals surface area contributed by atoms with Gasteiger partial charge in [0.2, 0.25) is 0 Å². The van der Waals surface area contributed by atoms with Gasteiger partial charge in [0, 0.05) is 45.9 Å². The van der Waals surface area contributed by atoms with Crippen molar-refractivity contribution in [2.75, 3.05) is 59.1 Å². The van der Waals surface area contributed by atoms with Gasteiger partial charge in [-0.1, -0.05) is 0 Å². The molecule has 0 N–H and O–H groups in total. The fourth-order valence-corrected chi connectivity index (χ4v) is 4.82. The summed E-state index contributed by atoms with van der Waals surface area (Å²) in [5.41, 5.74) is 0. The number of likely N-dealkylation sites (tertiary alicyclic amines) is 2. The van der Waals surface area contributed by atoms with Crippen LogP contribution in [0.5, 0.6) is 0 Å². The van der Waals surface area contributed by atoms with Gasteiger partial charge in [-0.2, -0.15) is 0 Å². The number of hydrogen-bond donors (Lipinski definition) is 0. The van der Waals surface area contributed by atoms with Crippen molar-refractivity contribution in [3.05, 3.63) is 0 Å². The lowest BCUT2D eigenvalue weighted by molar-refractivity contribution is 0.0507. The molecule has 120 valence electrons. The van der Waals surface area contributed by atoms with Crippen LogP contribution in [-0.2, 0) is 9.47 Å². The van der Waals surface area contributed by atoms with E-state index in [0.29, 0.717) is 6.10 Å². The molecule has 2 unspecified atom stereocenters. The van der Waals surface area contributed by atoms with Gasteiger partial charge < -0.3 is 19.3 Å². The summed E-state index contributed by atoms with van der Waals surface area (Å²) in [6, 6.07) is 0. The molecule has 4 fully saturated rings. The number of nitrogens with zero attached hydrogens (tertiary/aromatic N) is 2. The van der Waals surface area contributed by atoms with Gasteiger partial charge in [0.1, 0.15) is 0 Å². The van der Waals surface area contributed by atoms with Gasteiger partial charge in [-0.25, -0.2) is 0 Å². The van der Waals surface area contributed by atoms with Gasteiger partial charge in [-0.05, 0) is 50.0 Å². The molecular formula is C17H30N2O2. The SMILES string of the molecule is C1COC(CN2CC[C@H]3CN(CC4CCOC4)C[C@H]3C2)C1. The molecule has 4 atom stereocenters. The second-order valence-electron chi connectivity index (χ2n) is 7.65. The maximum Gasteiger partial charge on any atom is 0.0702 e. The second-order valence-corrected chi connectivity index (χ2v) is 7.65. The van der Waals surface area contributed by atoms with Crippen molar-refractivity contribution in [2.24, 2.45) is 17.8 Å². The minimum absolute atomic E-state index is 0.523. The van der Waals surface area contributed by atoms with E-state index in [4.69, 9.17) is 9.47 Å². The Morgan fingerprint density at radius 1 is 0.857 bits per heavy atom. The van der Waals surface area contributed by atoms with Gasteiger partial charge >= 0.3 is 0 Å². The van der Waals surface area contributed by atoms with Crippen LogP contribution in [0.3, 0.4) is 0 Å². The molecule has 21 heavy (non-hydrogen) atoms. The first-order chi connectivity index (χ1) is 10.4. The van der Waals surface area contributed by atoms with Crippen LogP contribution in [-0.4, -0.2) is 75.0 Å². The summed E-state index contributed by atoms with van der Waals surface area (Å²) in [5.74, 6) is 2.66. The maximum absolute atomic E-state index is 5.81. The van der Waals surface area contributed by atoms with Crippen LogP contribution in [0.25, 0.3) is 0 Å². The summed E-state index contributed by atoms with van der Waals surface area (Å²) in [4.78, 5) is 5.41. The highest BCUT2D eigenvalue weighted by molar-refractivity contribution is 4.91. The van der Waals surface area contributed by atoms with Crippen LogP contribution < -0.4 is 0 Å². The first-order valence-corrected chi connectivity index (χ1v) is 9.01. The van der Waals surface area contributed by atoms with Crippen molar-refractivity contribution in [1.82, 2.24) is 9.80 Å². The molecule has 0 radical (unpaired) electrons. The molecule has 0 bridgehead atoms. The molecule has 4 rings (SSSR count). The average Bonchev–Trinajstić information content (AvgIpc) is 3.19. The van der Waals surface area contributed by atoms with Crippen LogP contribution in [0.4, 0.5) is 0 Å². The Morgan fingerprint density at radius 3 is 2.57 bits per heavy atom. The molecule has 4 saturated heterocycles. The third kappa shape index (κ3) is 3.44. The molecule has 4 nitrogen and oxygen atoms in total. The molecule has 0 saturated carbocycles. The lowest BCUT2D eigenvalue weighted by Crippen LogP contribution is -2.43. The van der Waals surface area contributed by atoms with Crippen molar-refractivity contribution < 1.29 is 9.47 Å².